The third-order valence-electron chi connectivity index (χ3n) is 4.60. The number of nitrogens with one attached hydrogen (secondary N) is 1. The van der Waals surface area contributed by atoms with Crippen molar-refractivity contribution in [3.63, 3.8) is 0 Å². The molecule has 1 aromatic heterocycles. The Morgan fingerprint density at radius 1 is 1.00 bits per heavy atom. The molecule has 2 aromatic carbocycles. The summed E-state index contributed by atoms with van der Waals surface area (Å²) in [6.07, 6.45) is 7.35. The van der Waals surface area contributed by atoms with E-state index in [0.29, 0.717) is 39.0 Å². The Labute approximate surface area is 177 Å². The maximum Gasteiger partial charge on any atom is 0.263 e. The molecule has 6 heteroatoms. The van der Waals surface area contributed by atoms with Crippen LogP contribution >= 0.6 is 23.2 Å². The number of aromatic nitrogens is 1. The summed E-state index contributed by atoms with van der Waals surface area (Å²) in [6, 6.07) is 16.3. The van der Waals surface area contributed by atoms with Gasteiger partial charge in [-0.05, 0) is 42.0 Å². The maximum absolute atomic E-state index is 13.3. The standard InChI is InChI=1S/C23H15Cl2N3O/c24-18-8-16(9-19(25)11-18)22-10-17(21-6-2-1-4-15(21)12-26)14-28(23(22)29)20-5-3-7-27-13-20/h1-6,8-11,13-14,27H,7H2. The zero-order valence-corrected chi connectivity index (χ0v) is 16.7. The molecule has 4 nitrogen and oxygen atoms in total. The van der Waals surface area contributed by atoms with E-state index in [1.807, 2.05) is 30.4 Å². The molecule has 0 saturated heterocycles. The molecule has 0 unspecified atom stereocenters. The van der Waals surface area contributed by atoms with Crippen LogP contribution in [0.5, 0.6) is 0 Å². The van der Waals surface area contributed by atoms with Crippen LogP contribution in [0.15, 0.2) is 77.9 Å². The van der Waals surface area contributed by atoms with E-state index in [2.05, 4.69) is 11.4 Å². The van der Waals surface area contributed by atoms with Crippen molar-refractivity contribution in [3.05, 3.63) is 99.0 Å². The monoisotopic (exact) mass is 419 g/mol. The predicted octanol–water partition coefficient (Wildman–Crippen LogP) is 5.32. The fraction of sp³-hybridized carbons (Fsp3) is 0.0435. The van der Waals surface area contributed by atoms with Gasteiger partial charge in [-0.1, -0.05) is 47.5 Å². The van der Waals surface area contributed by atoms with Gasteiger partial charge in [-0.3, -0.25) is 9.36 Å². The summed E-state index contributed by atoms with van der Waals surface area (Å²) in [5, 5.41) is 13.5. The largest absolute Gasteiger partial charge is 0.386 e. The minimum absolute atomic E-state index is 0.207. The number of nitrogens with zero attached hydrogens (tertiary/aromatic N) is 2. The number of allylic oxidation sites excluding steroid dienone is 2. The molecule has 1 aliphatic rings. The van der Waals surface area contributed by atoms with Gasteiger partial charge in [0.05, 0.1) is 17.3 Å². The lowest BCUT2D eigenvalue weighted by atomic mass is 9.98. The molecule has 0 radical (unpaired) electrons. The highest BCUT2D eigenvalue weighted by atomic mass is 35.5. The van der Waals surface area contributed by atoms with Gasteiger partial charge in [0.2, 0.25) is 0 Å². The summed E-state index contributed by atoms with van der Waals surface area (Å²) in [4.78, 5) is 13.3. The van der Waals surface area contributed by atoms with E-state index in [1.54, 1.807) is 47.3 Å². The van der Waals surface area contributed by atoms with E-state index in [4.69, 9.17) is 23.2 Å². The number of hydrogen-bond donors (Lipinski definition) is 1. The highest BCUT2D eigenvalue weighted by Gasteiger charge is 2.15. The van der Waals surface area contributed by atoms with Crippen molar-refractivity contribution < 1.29 is 0 Å². The van der Waals surface area contributed by atoms with Gasteiger partial charge < -0.3 is 5.32 Å². The molecule has 3 aromatic rings. The lowest BCUT2D eigenvalue weighted by molar-refractivity contribution is 0.933. The first-order chi connectivity index (χ1) is 14.1. The number of dihydropyridines is 1. The molecule has 4 rings (SSSR count). The first kappa shape index (κ1) is 19.1. The van der Waals surface area contributed by atoms with Crippen molar-refractivity contribution in [2.75, 3.05) is 6.54 Å². The molecule has 0 fully saturated rings. The van der Waals surface area contributed by atoms with Crippen LogP contribution in [0.2, 0.25) is 10.0 Å². The van der Waals surface area contributed by atoms with Crippen LogP contribution in [0.25, 0.3) is 28.0 Å². The minimum Gasteiger partial charge on any atom is -0.386 e. The molecule has 0 spiro atoms. The third-order valence-corrected chi connectivity index (χ3v) is 5.04. The van der Waals surface area contributed by atoms with Gasteiger partial charge in [0.1, 0.15) is 0 Å². The van der Waals surface area contributed by atoms with E-state index in [-0.39, 0.29) is 5.56 Å². The first-order valence-corrected chi connectivity index (χ1v) is 9.65. The zero-order valence-electron chi connectivity index (χ0n) is 15.2. The normalized spacial score (nSPS) is 12.8. The lowest BCUT2D eigenvalue weighted by Crippen LogP contribution is -2.23. The summed E-state index contributed by atoms with van der Waals surface area (Å²) in [7, 11) is 0. The van der Waals surface area contributed by atoms with Gasteiger partial charge in [0, 0.05) is 45.7 Å². The summed E-state index contributed by atoms with van der Waals surface area (Å²) < 4.78 is 1.57. The quantitative estimate of drug-likeness (QED) is 0.624. The second-order valence-electron chi connectivity index (χ2n) is 6.51. The number of halogens is 2. The summed E-state index contributed by atoms with van der Waals surface area (Å²) in [5.41, 5.74) is 3.57. The molecular weight excluding hydrogens is 405 g/mol. The SMILES string of the molecule is N#Cc1ccccc1-c1cc(-c2cc(Cl)cc(Cl)c2)c(=O)n(C2=CNCC=C2)c1. The molecule has 142 valence electrons. The van der Waals surface area contributed by atoms with Crippen molar-refractivity contribution in [2.45, 2.75) is 0 Å². The first-order valence-electron chi connectivity index (χ1n) is 8.90. The topological polar surface area (TPSA) is 57.8 Å². The van der Waals surface area contributed by atoms with Crippen LogP contribution < -0.4 is 10.9 Å². The molecule has 1 N–H and O–H groups in total. The van der Waals surface area contributed by atoms with Gasteiger partial charge in [-0.2, -0.15) is 5.26 Å². The molecule has 0 aliphatic carbocycles. The number of benzene rings is 2. The average molecular weight is 420 g/mol. The third kappa shape index (κ3) is 3.84. The van der Waals surface area contributed by atoms with Crippen molar-refractivity contribution >= 4 is 28.9 Å². The fourth-order valence-corrected chi connectivity index (χ4v) is 3.80. The lowest BCUT2D eigenvalue weighted by Gasteiger charge is -2.16. The van der Waals surface area contributed by atoms with E-state index >= 15 is 0 Å². The van der Waals surface area contributed by atoms with Crippen molar-refractivity contribution in [1.82, 2.24) is 9.88 Å². The highest BCUT2D eigenvalue weighted by molar-refractivity contribution is 6.35. The van der Waals surface area contributed by atoms with E-state index < -0.39 is 0 Å². The van der Waals surface area contributed by atoms with E-state index in [1.165, 1.54) is 0 Å². The Morgan fingerprint density at radius 2 is 1.76 bits per heavy atom. The Bertz CT molecular complexity index is 1250. The van der Waals surface area contributed by atoms with Crippen LogP contribution in [0, 0.1) is 11.3 Å². The second kappa shape index (κ2) is 8.00. The van der Waals surface area contributed by atoms with Gasteiger partial charge in [0.25, 0.3) is 5.56 Å². The number of rotatable bonds is 3. The Kier molecular flexibility index (Phi) is 5.26. The fourth-order valence-electron chi connectivity index (χ4n) is 3.28. The molecule has 0 amide bonds. The Morgan fingerprint density at radius 3 is 2.45 bits per heavy atom. The molecule has 2 heterocycles. The molecular formula is C23H15Cl2N3O. The van der Waals surface area contributed by atoms with Crippen molar-refractivity contribution in [1.29, 1.82) is 5.26 Å². The van der Waals surface area contributed by atoms with Gasteiger partial charge in [-0.15, -0.1) is 0 Å². The van der Waals surface area contributed by atoms with E-state index in [9.17, 15) is 10.1 Å². The highest BCUT2D eigenvalue weighted by Crippen LogP contribution is 2.30. The number of hydrogen-bond acceptors (Lipinski definition) is 3. The zero-order chi connectivity index (χ0) is 20.4. The minimum atomic E-state index is -0.207. The molecule has 0 saturated carbocycles. The van der Waals surface area contributed by atoms with Crippen molar-refractivity contribution in [2.24, 2.45) is 0 Å². The number of nitriles is 1. The average Bonchev–Trinajstić information content (AvgIpc) is 2.74. The van der Waals surface area contributed by atoms with Crippen LogP contribution in [0.1, 0.15) is 5.56 Å². The Balaban J connectivity index is 2.03. The molecule has 0 atom stereocenters. The predicted molar refractivity (Wildman–Crippen MR) is 118 cm³/mol. The second-order valence-corrected chi connectivity index (χ2v) is 7.39. The van der Waals surface area contributed by atoms with Gasteiger partial charge in [-0.25, -0.2) is 0 Å². The number of pyridine rings is 1. The van der Waals surface area contributed by atoms with E-state index in [0.717, 1.165) is 11.1 Å². The van der Waals surface area contributed by atoms with Crippen LogP contribution in [0.3, 0.4) is 0 Å². The maximum atomic E-state index is 13.3. The Hall–Kier alpha value is -3.26. The van der Waals surface area contributed by atoms with Gasteiger partial charge >= 0.3 is 0 Å². The summed E-state index contributed by atoms with van der Waals surface area (Å²) in [6.45, 7) is 0.700. The smallest absolute Gasteiger partial charge is 0.263 e. The van der Waals surface area contributed by atoms with Gasteiger partial charge in [0.15, 0.2) is 0 Å². The molecule has 0 bridgehead atoms. The molecule has 1 aliphatic heterocycles. The summed E-state index contributed by atoms with van der Waals surface area (Å²) >= 11 is 12.4. The summed E-state index contributed by atoms with van der Waals surface area (Å²) in [5.74, 6) is 0. The van der Waals surface area contributed by atoms with Crippen LogP contribution in [0.4, 0.5) is 0 Å². The van der Waals surface area contributed by atoms with Crippen LogP contribution in [-0.4, -0.2) is 11.1 Å². The molecule has 29 heavy (non-hydrogen) atoms. The van der Waals surface area contributed by atoms with Crippen LogP contribution in [-0.2, 0) is 0 Å². The van der Waals surface area contributed by atoms with Crippen molar-refractivity contribution in [3.8, 4) is 28.3 Å².